The Morgan fingerprint density at radius 2 is 1.26 bits per heavy atom. The van der Waals surface area contributed by atoms with Crippen molar-refractivity contribution in [2.24, 2.45) is 0 Å². The fourth-order valence-electron chi connectivity index (χ4n) is 1.76. The second-order valence-corrected chi connectivity index (χ2v) is 5.92. The Hall–Kier alpha value is -3.39. The molecule has 5 N–H and O–H groups in total. The zero-order chi connectivity index (χ0) is 24.7. The van der Waals surface area contributed by atoms with Gasteiger partial charge in [-0.25, -0.2) is 9.59 Å². The van der Waals surface area contributed by atoms with Crippen LogP contribution in [0.25, 0.3) is 0 Å². The lowest BCUT2D eigenvalue weighted by molar-refractivity contribution is -0.191. The van der Waals surface area contributed by atoms with E-state index in [1.807, 2.05) is 0 Å². The number of esters is 3. The lowest BCUT2D eigenvalue weighted by atomic mass is 9.96. The van der Waals surface area contributed by atoms with Gasteiger partial charge in [0.05, 0.1) is 25.9 Å². The van der Waals surface area contributed by atoms with Crippen molar-refractivity contribution in [3.05, 3.63) is 0 Å². The van der Waals surface area contributed by atoms with Crippen LogP contribution in [0.5, 0.6) is 0 Å². The summed E-state index contributed by atoms with van der Waals surface area (Å²) in [6, 6.07) is 0. The van der Waals surface area contributed by atoms with Gasteiger partial charge >= 0.3 is 36.0 Å². The van der Waals surface area contributed by atoms with E-state index in [1.165, 1.54) is 0 Å². The SMILES string of the molecule is CC(O)(CC(=O)OCCOC(=O)CC(O)(CC(=O)O)C(=O)O)C(=O)OCCO.O=C=O. The largest absolute Gasteiger partial charge is 0.481 e. The molecule has 0 aromatic carbocycles. The summed E-state index contributed by atoms with van der Waals surface area (Å²) in [4.78, 5) is 72.2. The van der Waals surface area contributed by atoms with E-state index in [2.05, 4.69) is 14.2 Å². The monoisotopic (exact) mass is 454 g/mol. The average Bonchev–Trinajstić information content (AvgIpc) is 2.62. The average molecular weight is 454 g/mol. The van der Waals surface area contributed by atoms with Crippen molar-refractivity contribution in [2.45, 2.75) is 37.4 Å². The fourth-order valence-corrected chi connectivity index (χ4v) is 1.76. The molecule has 0 saturated heterocycles. The van der Waals surface area contributed by atoms with Gasteiger partial charge in [0.15, 0.2) is 11.2 Å². The number of aliphatic hydroxyl groups is 3. The molecule has 0 bridgehead atoms. The van der Waals surface area contributed by atoms with E-state index < -0.39 is 80.1 Å². The van der Waals surface area contributed by atoms with Crippen molar-refractivity contribution in [1.29, 1.82) is 0 Å². The Morgan fingerprint density at radius 3 is 1.65 bits per heavy atom. The standard InChI is InChI=1S/C15H22O13.CO2/c1-14(24,13(23)28-3-2-16)7-10(19)26-4-5-27-11(20)8-15(25,12(21)22)6-9(17)18;2-1-3/h16,24-25H,2-8H2,1H3,(H,17,18)(H,21,22);. The zero-order valence-corrected chi connectivity index (χ0v) is 16.3. The quantitative estimate of drug-likeness (QED) is 0.105. The first-order chi connectivity index (χ1) is 14.3. The first kappa shape index (κ1) is 29.8. The van der Waals surface area contributed by atoms with Crippen molar-refractivity contribution in [3.8, 4) is 0 Å². The van der Waals surface area contributed by atoms with Gasteiger partial charge in [-0.2, -0.15) is 9.59 Å². The van der Waals surface area contributed by atoms with Gasteiger partial charge in [0.1, 0.15) is 19.8 Å². The molecule has 31 heavy (non-hydrogen) atoms. The van der Waals surface area contributed by atoms with Crippen LogP contribution in [-0.4, -0.2) is 99.2 Å². The van der Waals surface area contributed by atoms with Crippen LogP contribution in [-0.2, 0) is 47.8 Å². The minimum absolute atomic E-state index is 0.250. The molecule has 0 rings (SSSR count). The van der Waals surface area contributed by atoms with Crippen LogP contribution in [0.2, 0.25) is 0 Å². The van der Waals surface area contributed by atoms with Crippen LogP contribution in [0.3, 0.4) is 0 Å². The van der Waals surface area contributed by atoms with E-state index in [0.29, 0.717) is 0 Å². The third-order valence-electron chi connectivity index (χ3n) is 3.14. The van der Waals surface area contributed by atoms with Crippen LogP contribution in [0.1, 0.15) is 26.2 Å². The predicted molar refractivity (Wildman–Crippen MR) is 89.7 cm³/mol. The van der Waals surface area contributed by atoms with E-state index in [1.54, 1.807) is 0 Å². The minimum Gasteiger partial charge on any atom is -0.481 e. The van der Waals surface area contributed by atoms with Gasteiger partial charge in [0.2, 0.25) is 0 Å². The third kappa shape index (κ3) is 13.5. The number of hydrogen-bond donors (Lipinski definition) is 5. The Morgan fingerprint density at radius 1 is 0.806 bits per heavy atom. The molecule has 0 aromatic heterocycles. The lowest BCUT2D eigenvalue weighted by Crippen LogP contribution is -2.43. The molecule has 176 valence electrons. The molecular formula is C16H22O15. The molecule has 0 fully saturated rings. The molecule has 0 spiro atoms. The van der Waals surface area contributed by atoms with Gasteiger partial charge in [-0.1, -0.05) is 0 Å². The maximum atomic E-state index is 11.6. The van der Waals surface area contributed by atoms with Crippen molar-refractivity contribution in [2.75, 3.05) is 26.4 Å². The number of carbonyl (C=O) groups excluding carboxylic acids is 5. The molecular weight excluding hydrogens is 432 g/mol. The molecule has 0 amide bonds. The van der Waals surface area contributed by atoms with Crippen LogP contribution < -0.4 is 0 Å². The van der Waals surface area contributed by atoms with Crippen LogP contribution in [0, 0.1) is 0 Å². The number of hydrogen-bond acceptors (Lipinski definition) is 13. The number of carboxylic acids is 2. The summed E-state index contributed by atoms with van der Waals surface area (Å²) in [6.07, 6.45) is -2.91. The minimum atomic E-state index is -2.85. The molecule has 0 aliphatic rings. The third-order valence-corrected chi connectivity index (χ3v) is 3.14. The molecule has 2 unspecified atom stereocenters. The van der Waals surface area contributed by atoms with Crippen LogP contribution in [0.15, 0.2) is 0 Å². The van der Waals surface area contributed by atoms with Crippen molar-refractivity contribution >= 4 is 36.0 Å². The maximum absolute atomic E-state index is 11.6. The van der Waals surface area contributed by atoms with E-state index in [-0.39, 0.29) is 12.8 Å². The Kier molecular flexibility index (Phi) is 14.0. The van der Waals surface area contributed by atoms with E-state index >= 15 is 0 Å². The number of aliphatic carboxylic acids is 2. The molecule has 0 heterocycles. The summed E-state index contributed by atoms with van der Waals surface area (Å²) in [5, 5.41) is 45.4. The van der Waals surface area contributed by atoms with Gasteiger partial charge in [-0.3, -0.25) is 14.4 Å². The summed E-state index contributed by atoms with van der Waals surface area (Å²) in [5.74, 6) is -7.02. The molecule has 15 heteroatoms. The molecule has 0 aromatic rings. The van der Waals surface area contributed by atoms with E-state index in [9.17, 15) is 34.2 Å². The first-order valence-corrected chi connectivity index (χ1v) is 8.24. The smallest absolute Gasteiger partial charge is 0.373 e. The summed E-state index contributed by atoms with van der Waals surface area (Å²) in [7, 11) is 0. The summed E-state index contributed by atoms with van der Waals surface area (Å²) >= 11 is 0. The summed E-state index contributed by atoms with van der Waals surface area (Å²) in [5.41, 5.74) is -5.06. The van der Waals surface area contributed by atoms with E-state index in [0.717, 1.165) is 6.92 Å². The van der Waals surface area contributed by atoms with Gasteiger partial charge in [-0.15, -0.1) is 0 Å². The number of rotatable bonds is 13. The highest BCUT2D eigenvalue weighted by atomic mass is 16.6. The number of aliphatic hydroxyl groups excluding tert-OH is 1. The van der Waals surface area contributed by atoms with E-state index in [4.69, 9.17) is 24.9 Å². The topological polar surface area (TPSA) is 248 Å². The highest BCUT2D eigenvalue weighted by Gasteiger charge is 2.41. The normalized spacial score (nSPS) is 13.7. The van der Waals surface area contributed by atoms with Gasteiger partial charge in [-0.05, 0) is 6.92 Å². The Bertz CT molecular complexity index is 677. The summed E-state index contributed by atoms with van der Waals surface area (Å²) in [6.45, 7) is -0.921. The molecule has 0 aliphatic carbocycles. The molecule has 0 aliphatic heterocycles. The summed E-state index contributed by atoms with van der Waals surface area (Å²) < 4.78 is 13.6. The number of ether oxygens (including phenoxy) is 3. The second-order valence-electron chi connectivity index (χ2n) is 5.92. The Labute approximate surface area is 174 Å². The molecule has 0 saturated carbocycles. The highest BCUT2D eigenvalue weighted by Crippen LogP contribution is 2.17. The highest BCUT2D eigenvalue weighted by molar-refractivity contribution is 5.88. The van der Waals surface area contributed by atoms with Gasteiger partial charge < -0.3 is 39.7 Å². The molecule has 0 radical (unpaired) electrons. The van der Waals surface area contributed by atoms with Gasteiger partial charge in [0, 0.05) is 0 Å². The first-order valence-electron chi connectivity index (χ1n) is 8.24. The van der Waals surface area contributed by atoms with Crippen molar-refractivity contribution < 1.29 is 73.3 Å². The number of carboxylic acid groups (broad SMARTS) is 2. The fraction of sp³-hybridized carbons (Fsp3) is 0.625. The molecule has 2 atom stereocenters. The Balaban J connectivity index is 0. The predicted octanol–water partition coefficient (Wildman–Crippen LogP) is -3.15. The van der Waals surface area contributed by atoms with Crippen LogP contribution in [0.4, 0.5) is 0 Å². The number of carbonyl (C=O) groups is 5. The molecule has 15 nitrogen and oxygen atoms in total. The van der Waals surface area contributed by atoms with Crippen LogP contribution >= 0.6 is 0 Å². The van der Waals surface area contributed by atoms with Crippen molar-refractivity contribution in [3.63, 3.8) is 0 Å². The van der Waals surface area contributed by atoms with Gasteiger partial charge in [0.25, 0.3) is 0 Å². The lowest BCUT2D eigenvalue weighted by Gasteiger charge is -2.20. The van der Waals surface area contributed by atoms with Crippen molar-refractivity contribution in [1.82, 2.24) is 0 Å². The maximum Gasteiger partial charge on any atom is 0.373 e. The zero-order valence-electron chi connectivity index (χ0n) is 16.3. The second kappa shape index (κ2) is 14.6.